The first-order valence-corrected chi connectivity index (χ1v) is 14.6. The maximum absolute atomic E-state index is 13.1. The number of nitrogens with one attached hydrogen (secondary N) is 3. The molecule has 1 amide bonds. The van der Waals surface area contributed by atoms with E-state index in [1.165, 1.54) is 31.4 Å². The predicted molar refractivity (Wildman–Crippen MR) is 144 cm³/mol. The van der Waals surface area contributed by atoms with Gasteiger partial charge in [0.25, 0.3) is 5.91 Å². The Bertz CT molecular complexity index is 1110. The third-order valence-electron chi connectivity index (χ3n) is 6.78. The first-order valence-electron chi connectivity index (χ1n) is 13.1. The van der Waals surface area contributed by atoms with Crippen molar-refractivity contribution in [1.29, 1.82) is 0 Å². The van der Waals surface area contributed by atoms with Gasteiger partial charge in [-0.25, -0.2) is 18.1 Å². The van der Waals surface area contributed by atoms with Gasteiger partial charge in [-0.3, -0.25) is 14.5 Å². The van der Waals surface area contributed by atoms with Crippen LogP contribution in [0.5, 0.6) is 0 Å². The van der Waals surface area contributed by atoms with Gasteiger partial charge in [-0.1, -0.05) is 32.6 Å². The molecule has 0 bridgehead atoms. The predicted octanol–water partition coefficient (Wildman–Crippen LogP) is 3.35. The fourth-order valence-corrected chi connectivity index (χ4v) is 5.87. The number of hydrogen-bond acceptors (Lipinski definition) is 7. The van der Waals surface area contributed by atoms with Crippen LogP contribution in [0.2, 0.25) is 0 Å². The monoisotopic (exact) mass is 533 g/mol. The van der Waals surface area contributed by atoms with Gasteiger partial charge in [0.2, 0.25) is 10.0 Å². The van der Waals surface area contributed by atoms with Gasteiger partial charge in [-0.05, 0) is 62.4 Å². The Morgan fingerprint density at radius 1 is 1.19 bits per heavy atom. The molecule has 0 spiro atoms. The summed E-state index contributed by atoms with van der Waals surface area (Å²) in [6.07, 6.45) is 11.7. The number of carboxylic acid groups (broad SMARTS) is 1. The van der Waals surface area contributed by atoms with Crippen LogP contribution in [0.3, 0.4) is 0 Å². The molecule has 1 aliphatic carbocycles. The Balaban J connectivity index is 1.67. The molecule has 1 atom stereocenters. The normalized spacial score (nSPS) is 18.4. The topological polar surface area (TPSA) is 140 Å². The van der Waals surface area contributed by atoms with E-state index in [4.69, 9.17) is 5.11 Å². The second-order valence-corrected chi connectivity index (χ2v) is 11.4. The van der Waals surface area contributed by atoms with Crippen LogP contribution in [0.15, 0.2) is 39.9 Å². The first-order chi connectivity index (χ1) is 17.7. The van der Waals surface area contributed by atoms with Crippen LogP contribution >= 0.6 is 0 Å². The number of aryl methyl sites for hydroxylation is 1. The molecule has 0 aromatic heterocycles. The van der Waals surface area contributed by atoms with Crippen molar-refractivity contribution in [3.8, 4) is 0 Å². The van der Waals surface area contributed by atoms with Gasteiger partial charge >= 0.3 is 5.97 Å². The van der Waals surface area contributed by atoms with Crippen molar-refractivity contribution >= 4 is 33.9 Å². The minimum atomic E-state index is -3.79. The summed E-state index contributed by atoms with van der Waals surface area (Å²) in [5.74, 6) is -1.33. The van der Waals surface area contributed by atoms with E-state index in [2.05, 4.69) is 32.2 Å². The first kappa shape index (κ1) is 28.8. The summed E-state index contributed by atoms with van der Waals surface area (Å²) in [6.45, 7) is 4.89. The lowest BCUT2D eigenvalue weighted by Gasteiger charge is -2.39. The highest BCUT2D eigenvalue weighted by molar-refractivity contribution is 7.89. The molecule has 204 valence electrons. The molecule has 1 unspecified atom stereocenters. The Morgan fingerprint density at radius 3 is 2.62 bits per heavy atom. The molecule has 2 aliphatic rings. The number of carbonyl (C=O) groups is 2. The second kappa shape index (κ2) is 13.7. The number of unbranched alkanes of at least 4 members (excludes halogenated alkanes) is 1. The summed E-state index contributed by atoms with van der Waals surface area (Å²) in [5, 5.41) is 14.9. The van der Waals surface area contributed by atoms with Crippen molar-refractivity contribution in [3.05, 3.63) is 35.5 Å². The number of benzene rings is 1. The number of rotatable bonds is 13. The van der Waals surface area contributed by atoms with E-state index in [0.717, 1.165) is 32.2 Å². The van der Waals surface area contributed by atoms with E-state index < -0.39 is 16.0 Å². The summed E-state index contributed by atoms with van der Waals surface area (Å²) < 4.78 is 27.5. The van der Waals surface area contributed by atoms with Gasteiger partial charge in [0, 0.05) is 31.2 Å². The maximum atomic E-state index is 13.1. The van der Waals surface area contributed by atoms with E-state index in [1.54, 1.807) is 19.3 Å². The summed E-state index contributed by atoms with van der Waals surface area (Å²) in [5.41, 5.74) is 1.40. The number of carboxylic acids is 1. The average molecular weight is 534 g/mol. The minimum absolute atomic E-state index is 0.0314. The third kappa shape index (κ3) is 8.37. The highest BCUT2D eigenvalue weighted by atomic mass is 32.2. The lowest BCUT2D eigenvalue weighted by Crippen LogP contribution is -2.51. The molecule has 0 saturated heterocycles. The largest absolute Gasteiger partial charge is 0.481 e. The number of hydrogen-bond donors (Lipinski definition) is 4. The fraction of sp³-hybridized carbons (Fsp3) is 0.577. The van der Waals surface area contributed by atoms with Gasteiger partial charge < -0.3 is 15.7 Å². The minimum Gasteiger partial charge on any atom is -0.481 e. The van der Waals surface area contributed by atoms with E-state index in [9.17, 15) is 18.0 Å². The molecule has 0 radical (unpaired) electrons. The molecule has 11 heteroatoms. The zero-order valence-electron chi connectivity index (χ0n) is 21.7. The quantitative estimate of drug-likeness (QED) is 0.285. The van der Waals surface area contributed by atoms with Gasteiger partial charge in [0.05, 0.1) is 11.2 Å². The van der Waals surface area contributed by atoms with Crippen molar-refractivity contribution in [2.75, 3.05) is 18.4 Å². The molecule has 10 nitrogen and oxygen atoms in total. The molecule has 1 fully saturated rings. The zero-order chi connectivity index (χ0) is 26.8. The summed E-state index contributed by atoms with van der Waals surface area (Å²) in [7, 11) is -3.79. The highest BCUT2D eigenvalue weighted by Gasteiger charge is 2.28. The van der Waals surface area contributed by atoms with E-state index in [1.807, 2.05) is 6.08 Å². The van der Waals surface area contributed by atoms with E-state index >= 15 is 0 Å². The molecule has 4 N–H and O–H groups in total. The molecule has 1 aromatic rings. The molecule has 1 aromatic carbocycles. The van der Waals surface area contributed by atoms with Crippen molar-refractivity contribution in [3.63, 3.8) is 0 Å². The van der Waals surface area contributed by atoms with Crippen LogP contribution in [-0.2, 0) is 19.6 Å². The molecule has 1 saturated carbocycles. The summed E-state index contributed by atoms with van der Waals surface area (Å²) in [4.78, 5) is 30.5. The van der Waals surface area contributed by atoms with Crippen molar-refractivity contribution < 1.29 is 23.1 Å². The van der Waals surface area contributed by atoms with E-state index in [0.29, 0.717) is 23.0 Å². The third-order valence-corrected chi connectivity index (χ3v) is 8.24. The lowest BCUT2D eigenvalue weighted by molar-refractivity contribution is -0.137. The highest BCUT2D eigenvalue weighted by Crippen LogP contribution is 2.26. The molecule has 37 heavy (non-hydrogen) atoms. The van der Waals surface area contributed by atoms with Gasteiger partial charge in [-0.2, -0.15) is 0 Å². The Hall–Kier alpha value is -2.76. The summed E-state index contributed by atoms with van der Waals surface area (Å²) >= 11 is 0. The number of nitrogens with zero attached hydrogens (tertiary/aromatic N) is 2. The van der Waals surface area contributed by atoms with E-state index in [-0.39, 0.29) is 36.4 Å². The lowest BCUT2D eigenvalue weighted by atomic mass is 9.93. The number of aliphatic carboxylic acids is 1. The molecule has 1 heterocycles. The number of anilines is 1. The summed E-state index contributed by atoms with van der Waals surface area (Å²) in [6, 6.07) is 4.94. The van der Waals surface area contributed by atoms with Crippen LogP contribution in [0, 0.1) is 6.92 Å². The van der Waals surface area contributed by atoms with Crippen LogP contribution in [0.1, 0.15) is 70.3 Å². The SMILES string of the molecule is CCCCN(C1CCCCC1)C1C=C(C(=O)Nc2ccc(S(=O)(=O)NCCCC(=O)O)cc2C)N=CN1. The Labute approximate surface area is 219 Å². The van der Waals surface area contributed by atoms with Crippen LogP contribution in [-0.4, -0.2) is 61.9 Å². The second-order valence-electron chi connectivity index (χ2n) is 9.63. The number of aliphatic imine (C=N–C) groups is 1. The standard InChI is InChI=1S/C26H39N5O5S/c1-3-4-15-31(20-9-6-5-7-10-20)24-17-23(27-18-28-24)26(34)30-22-13-12-21(16-19(22)2)37(35,36)29-14-8-11-25(32)33/h12-13,16-18,20,24,29H,3-11,14-15H2,1-2H3,(H,27,28)(H,30,34)(H,32,33). The molecule has 1 aliphatic heterocycles. The van der Waals surface area contributed by atoms with Crippen molar-refractivity contribution in [2.24, 2.45) is 4.99 Å². The van der Waals surface area contributed by atoms with Gasteiger partial charge in [-0.15, -0.1) is 0 Å². The number of carbonyl (C=O) groups excluding carboxylic acids is 1. The van der Waals surface area contributed by atoms with Crippen LogP contribution in [0.25, 0.3) is 0 Å². The van der Waals surface area contributed by atoms with Crippen molar-refractivity contribution in [1.82, 2.24) is 14.9 Å². The Morgan fingerprint density at radius 2 is 1.95 bits per heavy atom. The smallest absolute Gasteiger partial charge is 0.303 e. The Kier molecular flexibility index (Phi) is 10.7. The zero-order valence-corrected chi connectivity index (χ0v) is 22.5. The van der Waals surface area contributed by atoms with Gasteiger partial charge in [0.1, 0.15) is 11.9 Å². The number of sulfonamides is 1. The average Bonchev–Trinajstić information content (AvgIpc) is 2.88. The molecule has 3 rings (SSSR count). The molecular formula is C26H39N5O5S. The maximum Gasteiger partial charge on any atom is 0.303 e. The van der Waals surface area contributed by atoms with Crippen molar-refractivity contribution in [2.45, 2.75) is 88.7 Å². The van der Waals surface area contributed by atoms with Crippen LogP contribution in [0.4, 0.5) is 5.69 Å². The van der Waals surface area contributed by atoms with Crippen LogP contribution < -0.4 is 15.4 Å². The fourth-order valence-electron chi connectivity index (χ4n) is 4.71. The van der Waals surface area contributed by atoms with Gasteiger partial charge in [0.15, 0.2) is 0 Å². The molecular weight excluding hydrogens is 494 g/mol. The number of amides is 1.